The average molecular weight is 767 g/mol. The number of nitrogens with zero attached hydrogens (tertiary/aromatic N) is 4. The lowest BCUT2D eigenvalue weighted by Crippen LogP contribution is -2.43. The fraction of sp³-hybridized carbons (Fsp3) is 0.348. The molecule has 10 nitrogen and oxygen atoms in total. The number of hydrogen-bond donors (Lipinski definition) is 2. The van der Waals surface area contributed by atoms with Gasteiger partial charge in [0.2, 0.25) is 11.8 Å². The second-order valence-corrected chi connectivity index (χ2v) is 16.3. The van der Waals surface area contributed by atoms with Crippen molar-refractivity contribution in [1.29, 1.82) is 0 Å². The van der Waals surface area contributed by atoms with Crippen molar-refractivity contribution in [3.05, 3.63) is 107 Å². The maximum atomic E-state index is 13.5. The first-order valence-corrected chi connectivity index (χ1v) is 19.9. The standard InChI is InChI=1S/C24H22FN3O2.C22H25N3O2/c1-28-20-13-19(15-5-9-18(25)10-6-15)22(27-23(20)30-14-21(28)29)16-3-7-17(8-4-16)24(26)11-2-12-24;1-25-18-12-16(11-14-3-4-14)20(24-21(18)27-13-19(25)26)15-5-7-17(8-6-15)22(23)9-2-10-22/h3-10,13H,2,11-12,14,26H2,1H3;5-8,12,14H,2-4,9-11,13,23H2,1H3. The molecule has 292 valence electrons. The van der Waals surface area contributed by atoms with Crippen molar-refractivity contribution >= 4 is 23.2 Å². The summed E-state index contributed by atoms with van der Waals surface area (Å²) in [5.74, 6) is 1.21. The Hall–Kier alpha value is -5.65. The molecule has 5 aliphatic rings. The summed E-state index contributed by atoms with van der Waals surface area (Å²) in [5.41, 5.74) is 22.7. The third kappa shape index (κ3) is 7.03. The number of carbonyl (C=O) groups is 2. The van der Waals surface area contributed by atoms with Crippen LogP contribution in [0.3, 0.4) is 0 Å². The van der Waals surface area contributed by atoms with Crippen LogP contribution in [0.15, 0.2) is 84.9 Å². The van der Waals surface area contributed by atoms with Crippen LogP contribution in [0.2, 0.25) is 0 Å². The second kappa shape index (κ2) is 14.4. The number of ether oxygens (including phenoxy) is 2. The first-order chi connectivity index (χ1) is 27.5. The number of aromatic nitrogens is 2. The molecule has 0 unspecified atom stereocenters. The van der Waals surface area contributed by atoms with E-state index in [-0.39, 0.29) is 41.9 Å². The summed E-state index contributed by atoms with van der Waals surface area (Å²) in [6.07, 6.45) is 10.0. The van der Waals surface area contributed by atoms with Gasteiger partial charge in [-0.15, -0.1) is 0 Å². The third-order valence-corrected chi connectivity index (χ3v) is 12.5. The van der Waals surface area contributed by atoms with Crippen LogP contribution < -0.4 is 30.7 Å². The van der Waals surface area contributed by atoms with Crippen LogP contribution >= 0.6 is 0 Å². The Kier molecular flexibility index (Phi) is 9.32. The summed E-state index contributed by atoms with van der Waals surface area (Å²) in [4.78, 5) is 36.8. The van der Waals surface area contributed by atoms with E-state index in [2.05, 4.69) is 42.5 Å². The van der Waals surface area contributed by atoms with Crippen molar-refractivity contribution in [3.63, 3.8) is 0 Å². The first-order valence-electron chi connectivity index (χ1n) is 19.9. The number of nitrogens with two attached hydrogens (primary N) is 2. The fourth-order valence-electron chi connectivity index (χ4n) is 8.15. The smallest absolute Gasteiger partial charge is 0.264 e. The van der Waals surface area contributed by atoms with E-state index in [1.54, 1.807) is 36.0 Å². The van der Waals surface area contributed by atoms with Gasteiger partial charge in [0, 0.05) is 41.9 Å². The maximum absolute atomic E-state index is 13.5. The fourth-order valence-corrected chi connectivity index (χ4v) is 8.15. The first kappa shape index (κ1) is 37.0. The molecule has 11 heteroatoms. The highest BCUT2D eigenvalue weighted by atomic mass is 19.1. The molecule has 2 aromatic heterocycles. The van der Waals surface area contributed by atoms with Crippen LogP contribution in [0.25, 0.3) is 33.6 Å². The Balaban J connectivity index is 0.000000149. The number of hydrogen-bond acceptors (Lipinski definition) is 8. The van der Waals surface area contributed by atoms with Gasteiger partial charge < -0.3 is 30.7 Å². The highest BCUT2D eigenvalue weighted by Gasteiger charge is 2.36. The molecule has 0 spiro atoms. The zero-order valence-corrected chi connectivity index (χ0v) is 32.4. The third-order valence-electron chi connectivity index (χ3n) is 12.5. The molecule has 0 atom stereocenters. The van der Waals surface area contributed by atoms with Gasteiger partial charge in [0.05, 0.1) is 11.4 Å². The van der Waals surface area contributed by atoms with Crippen molar-refractivity contribution in [2.45, 2.75) is 68.9 Å². The van der Waals surface area contributed by atoms with Gasteiger partial charge in [0.1, 0.15) is 17.2 Å². The minimum Gasteiger partial charge on any atom is -0.466 e. The minimum atomic E-state index is -0.306. The molecule has 3 saturated carbocycles. The number of rotatable bonds is 7. The van der Waals surface area contributed by atoms with E-state index < -0.39 is 0 Å². The molecule has 0 bridgehead atoms. The lowest BCUT2D eigenvalue weighted by molar-refractivity contribution is -0.121. The molecule has 3 fully saturated rings. The number of pyridine rings is 2. The number of benzene rings is 3. The molecule has 2 amide bonds. The van der Waals surface area contributed by atoms with E-state index in [0.717, 1.165) is 83.6 Å². The Morgan fingerprint density at radius 2 is 1.12 bits per heavy atom. The molecule has 0 radical (unpaired) electrons. The summed E-state index contributed by atoms with van der Waals surface area (Å²) in [5, 5.41) is 0. The minimum absolute atomic E-state index is 0.0347. The lowest BCUT2D eigenvalue weighted by atomic mass is 9.72. The van der Waals surface area contributed by atoms with Gasteiger partial charge in [-0.1, -0.05) is 60.7 Å². The van der Waals surface area contributed by atoms with Gasteiger partial charge in [-0.25, -0.2) is 14.4 Å². The molecular weight excluding hydrogens is 720 g/mol. The van der Waals surface area contributed by atoms with Crippen LogP contribution in [0.1, 0.15) is 68.1 Å². The predicted molar refractivity (Wildman–Crippen MR) is 218 cm³/mol. The largest absolute Gasteiger partial charge is 0.466 e. The Labute approximate surface area is 332 Å². The van der Waals surface area contributed by atoms with Crippen LogP contribution in [-0.2, 0) is 27.1 Å². The zero-order valence-electron chi connectivity index (χ0n) is 32.4. The quantitative estimate of drug-likeness (QED) is 0.173. The topological polar surface area (TPSA) is 137 Å². The van der Waals surface area contributed by atoms with Crippen molar-refractivity contribution in [3.8, 4) is 45.4 Å². The number of likely N-dealkylation sites (N-methyl/N-ethyl adjacent to an activating group) is 2. The van der Waals surface area contributed by atoms with E-state index in [0.29, 0.717) is 23.1 Å². The van der Waals surface area contributed by atoms with Crippen molar-refractivity contribution < 1.29 is 23.5 Å². The highest BCUT2D eigenvalue weighted by Crippen LogP contribution is 2.44. The molecule has 5 aromatic rings. The van der Waals surface area contributed by atoms with Crippen molar-refractivity contribution in [2.75, 3.05) is 37.1 Å². The Morgan fingerprint density at radius 3 is 1.60 bits per heavy atom. The summed E-state index contributed by atoms with van der Waals surface area (Å²) in [6, 6.07) is 26.9. The Morgan fingerprint density at radius 1 is 0.667 bits per heavy atom. The van der Waals surface area contributed by atoms with E-state index in [4.69, 9.17) is 30.9 Å². The maximum Gasteiger partial charge on any atom is 0.264 e. The van der Waals surface area contributed by atoms with Crippen LogP contribution in [0.5, 0.6) is 11.8 Å². The monoisotopic (exact) mass is 766 g/mol. The summed E-state index contributed by atoms with van der Waals surface area (Å²) in [7, 11) is 3.49. The van der Waals surface area contributed by atoms with E-state index in [1.165, 1.54) is 42.5 Å². The molecular formula is C46H47FN6O4. The molecule has 4 heterocycles. The van der Waals surface area contributed by atoms with Crippen LogP contribution in [0.4, 0.5) is 15.8 Å². The van der Waals surface area contributed by atoms with Crippen molar-refractivity contribution in [2.24, 2.45) is 17.4 Å². The highest BCUT2D eigenvalue weighted by molar-refractivity contribution is 5.99. The number of amides is 2. The molecule has 2 aliphatic heterocycles. The normalized spacial score (nSPS) is 18.8. The second-order valence-electron chi connectivity index (χ2n) is 16.3. The summed E-state index contributed by atoms with van der Waals surface area (Å²) >= 11 is 0. The molecule has 4 N–H and O–H groups in total. The van der Waals surface area contributed by atoms with Gasteiger partial charge in [0.25, 0.3) is 11.8 Å². The van der Waals surface area contributed by atoms with E-state index >= 15 is 0 Å². The number of anilines is 2. The SMILES string of the molecule is CN1C(=O)COc2nc(-c3ccc(C4(N)CCC4)cc3)c(-c3ccc(F)cc3)cc21.CN1C(=O)COc2nc(-c3ccc(C4(N)CCC4)cc3)c(CC3CC3)cc21. The molecule has 3 aromatic carbocycles. The Bertz CT molecular complexity index is 2350. The van der Waals surface area contributed by atoms with Crippen molar-refractivity contribution in [1.82, 2.24) is 9.97 Å². The summed E-state index contributed by atoms with van der Waals surface area (Å²) < 4.78 is 24.7. The molecule has 0 saturated heterocycles. The summed E-state index contributed by atoms with van der Waals surface area (Å²) in [6.45, 7) is 0.00695. The number of fused-ring (bicyclic) bond motifs is 2. The molecule has 3 aliphatic carbocycles. The number of carbonyl (C=O) groups excluding carboxylic acids is 2. The van der Waals surface area contributed by atoms with E-state index in [9.17, 15) is 14.0 Å². The van der Waals surface area contributed by atoms with Gasteiger partial charge >= 0.3 is 0 Å². The van der Waals surface area contributed by atoms with Crippen LogP contribution in [0, 0.1) is 11.7 Å². The molecule has 10 rings (SSSR count). The van der Waals surface area contributed by atoms with E-state index in [1.807, 2.05) is 18.2 Å². The lowest BCUT2D eigenvalue weighted by Gasteiger charge is -2.38. The van der Waals surface area contributed by atoms with Gasteiger partial charge in [-0.05, 0) is 110 Å². The van der Waals surface area contributed by atoms with Crippen LogP contribution in [-0.4, -0.2) is 49.1 Å². The van der Waals surface area contributed by atoms with Gasteiger partial charge in [0.15, 0.2) is 13.2 Å². The zero-order chi connectivity index (χ0) is 39.5. The van der Waals surface area contributed by atoms with Gasteiger partial charge in [-0.3, -0.25) is 9.59 Å². The average Bonchev–Trinajstić information content (AvgIpc) is 4.03. The molecule has 57 heavy (non-hydrogen) atoms. The van der Waals surface area contributed by atoms with Gasteiger partial charge in [-0.2, -0.15) is 0 Å². The predicted octanol–water partition coefficient (Wildman–Crippen LogP) is 7.64. The number of halogens is 1.